The van der Waals surface area contributed by atoms with E-state index in [-0.39, 0.29) is 12.1 Å². The molecular weight excluding hydrogens is 238 g/mol. The van der Waals surface area contributed by atoms with E-state index in [9.17, 15) is 4.79 Å². The van der Waals surface area contributed by atoms with Crippen molar-refractivity contribution in [1.82, 2.24) is 4.90 Å². The van der Waals surface area contributed by atoms with Gasteiger partial charge in [-0.3, -0.25) is 9.69 Å². The Morgan fingerprint density at radius 3 is 2.53 bits per heavy atom. The first-order valence-corrected chi connectivity index (χ1v) is 8.17. The average Bonchev–Trinajstić information content (AvgIpc) is 2.39. The fourth-order valence-electron chi connectivity index (χ4n) is 4.69. The van der Waals surface area contributed by atoms with Crippen LogP contribution in [0.25, 0.3) is 0 Å². The van der Waals surface area contributed by atoms with Gasteiger partial charge < -0.3 is 4.74 Å². The molecular formula is C16H27NO2. The number of esters is 1. The summed E-state index contributed by atoms with van der Waals surface area (Å²) in [5.41, 5.74) is 0. The van der Waals surface area contributed by atoms with Crippen LogP contribution in [0.3, 0.4) is 0 Å². The molecule has 2 aliphatic carbocycles. The quantitative estimate of drug-likeness (QED) is 0.719. The molecule has 3 heteroatoms. The van der Waals surface area contributed by atoms with Gasteiger partial charge in [0.1, 0.15) is 6.10 Å². The summed E-state index contributed by atoms with van der Waals surface area (Å²) in [6, 6.07) is 0.682. The Hall–Kier alpha value is -0.570. The van der Waals surface area contributed by atoms with Crippen LogP contribution in [0, 0.1) is 11.8 Å². The number of ether oxygens (including phenoxy) is 1. The molecule has 2 bridgehead atoms. The third-order valence-corrected chi connectivity index (χ3v) is 5.49. The highest BCUT2D eigenvalue weighted by atomic mass is 16.5. The first-order chi connectivity index (χ1) is 9.25. The molecule has 3 rings (SSSR count). The summed E-state index contributed by atoms with van der Waals surface area (Å²) in [6.45, 7) is 4.09. The third kappa shape index (κ3) is 2.81. The SMILES string of the molecule is CC(=O)O[C@@H]1[C@H]2CCC[C@@H]1[C@@H](N1CCCCC1)CC2. The van der Waals surface area contributed by atoms with Crippen LogP contribution in [-0.2, 0) is 9.53 Å². The summed E-state index contributed by atoms with van der Waals surface area (Å²) in [7, 11) is 0. The van der Waals surface area contributed by atoms with Crippen LogP contribution in [-0.4, -0.2) is 36.1 Å². The maximum absolute atomic E-state index is 11.4. The van der Waals surface area contributed by atoms with E-state index in [0.717, 1.165) is 0 Å². The minimum atomic E-state index is -0.0822. The Bertz CT molecular complexity index is 325. The van der Waals surface area contributed by atoms with Gasteiger partial charge in [-0.2, -0.15) is 0 Å². The smallest absolute Gasteiger partial charge is 0.302 e. The number of hydrogen-bond acceptors (Lipinski definition) is 3. The van der Waals surface area contributed by atoms with Crippen LogP contribution in [0.1, 0.15) is 58.3 Å². The van der Waals surface area contributed by atoms with Crippen molar-refractivity contribution >= 4 is 5.97 Å². The maximum atomic E-state index is 11.4. The molecule has 108 valence electrons. The van der Waals surface area contributed by atoms with E-state index in [1.165, 1.54) is 64.5 Å². The van der Waals surface area contributed by atoms with E-state index >= 15 is 0 Å². The van der Waals surface area contributed by atoms with Crippen molar-refractivity contribution in [3.05, 3.63) is 0 Å². The van der Waals surface area contributed by atoms with E-state index in [4.69, 9.17) is 4.74 Å². The van der Waals surface area contributed by atoms with E-state index in [2.05, 4.69) is 4.90 Å². The Kier molecular flexibility index (Phi) is 4.11. The maximum Gasteiger partial charge on any atom is 0.302 e. The van der Waals surface area contributed by atoms with Crippen molar-refractivity contribution in [3.63, 3.8) is 0 Å². The molecule has 2 saturated carbocycles. The predicted octanol–water partition coefficient (Wildman–Crippen LogP) is 2.98. The standard InChI is InChI=1S/C16H27NO2/c1-12(18)19-16-13-6-5-7-14(16)15(9-8-13)17-10-3-2-4-11-17/h13-16H,2-11H2,1H3/t13-,14+,15-,16+/m0/s1. The van der Waals surface area contributed by atoms with Gasteiger partial charge in [-0.1, -0.05) is 12.8 Å². The van der Waals surface area contributed by atoms with Gasteiger partial charge in [0.05, 0.1) is 0 Å². The number of fused-ring (bicyclic) bond motifs is 2. The molecule has 1 saturated heterocycles. The molecule has 1 aliphatic heterocycles. The van der Waals surface area contributed by atoms with E-state index in [1.807, 2.05) is 0 Å². The zero-order valence-corrected chi connectivity index (χ0v) is 12.1. The Balaban J connectivity index is 1.72. The molecule has 1 heterocycles. The lowest BCUT2D eigenvalue weighted by atomic mass is 9.67. The predicted molar refractivity (Wildman–Crippen MR) is 74.8 cm³/mol. The molecule has 0 radical (unpaired) electrons. The normalized spacial score (nSPS) is 39.8. The van der Waals surface area contributed by atoms with Crippen LogP contribution >= 0.6 is 0 Å². The van der Waals surface area contributed by atoms with Gasteiger partial charge in [-0.25, -0.2) is 0 Å². The second-order valence-electron chi connectivity index (χ2n) is 6.67. The van der Waals surface area contributed by atoms with Crippen molar-refractivity contribution in [3.8, 4) is 0 Å². The summed E-state index contributed by atoms with van der Waals surface area (Å²) in [5, 5.41) is 0. The van der Waals surface area contributed by atoms with E-state index in [1.54, 1.807) is 6.92 Å². The van der Waals surface area contributed by atoms with Gasteiger partial charge in [-0.05, 0) is 57.5 Å². The van der Waals surface area contributed by atoms with Gasteiger partial charge in [0.15, 0.2) is 0 Å². The molecule has 0 aromatic carbocycles. The molecule has 0 N–H and O–H groups in total. The van der Waals surface area contributed by atoms with E-state index < -0.39 is 0 Å². The molecule has 0 aromatic heterocycles. The molecule has 3 nitrogen and oxygen atoms in total. The number of carbonyl (C=O) groups is 1. The minimum absolute atomic E-state index is 0.0822. The first-order valence-electron chi connectivity index (χ1n) is 8.17. The lowest BCUT2D eigenvalue weighted by molar-refractivity contribution is -0.162. The zero-order valence-electron chi connectivity index (χ0n) is 12.1. The second kappa shape index (κ2) is 5.82. The van der Waals surface area contributed by atoms with Gasteiger partial charge in [0.25, 0.3) is 0 Å². The average molecular weight is 265 g/mol. The van der Waals surface area contributed by atoms with Crippen LogP contribution in [0.15, 0.2) is 0 Å². The fourth-order valence-corrected chi connectivity index (χ4v) is 4.69. The minimum Gasteiger partial charge on any atom is -0.462 e. The molecule has 0 aromatic rings. The lowest BCUT2D eigenvalue weighted by Crippen LogP contribution is -2.54. The molecule has 0 spiro atoms. The van der Waals surface area contributed by atoms with Crippen LogP contribution < -0.4 is 0 Å². The topological polar surface area (TPSA) is 29.5 Å². The fraction of sp³-hybridized carbons (Fsp3) is 0.938. The van der Waals surface area contributed by atoms with Crippen molar-refractivity contribution in [2.45, 2.75) is 70.4 Å². The number of hydrogen-bond donors (Lipinski definition) is 0. The molecule has 0 amide bonds. The lowest BCUT2D eigenvalue weighted by Gasteiger charge is -2.50. The van der Waals surface area contributed by atoms with Gasteiger partial charge >= 0.3 is 5.97 Å². The number of piperidine rings is 1. The molecule has 3 fully saturated rings. The Morgan fingerprint density at radius 1 is 1.00 bits per heavy atom. The molecule has 0 unspecified atom stereocenters. The summed E-state index contributed by atoms with van der Waals surface area (Å²) in [4.78, 5) is 14.1. The largest absolute Gasteiger partial charge is 0.462 e. The zero-order chi connectivity index (χ0) is 13.2. The summed E-state index contributed by atoms with van der Waals surface area (Å²) < 4.78 is 5.71. The number of carbonyl (C=O) groups excluding carboxylic acids is 1. The van der Waals surface area contributed by atoms with Gasteiger partial charge in [-0.15, -0.1) is 0 Å². The summed E-state index contributed by atoms with van der Waals surface area (Å²) in [6.07, 6.45) is 10.8. The summed E-state index contributed by atoms with van der Waals surface area (Å²) >= 11 is 0. The molecule has 3 aliphatic rings. The van der Waals surface area contributed by atoms with Crippen molar-refractivity contribution in [1.29, 1.82) is 0 Å². The third-order valence-electron chi connectivity index (χ3n) is 5.49. The summed E-state index contributed by atoms with van der Waals surface area (Å²) in [5.74, 6) is 1.17. The van der Waals surface area contributed by atoms with Crippen molar-refractivity contribution in [2.75, 3.05) is 13.1 Å². The highest BCUT2D eigenvalue weighted by Gasteiger charge is 2.45. The van der Waals surface area contributed by atoms with Crippen molar-refractivity contribution < 1.29 is 9.53 Å². The molecule has 19 heavy (non-hydrogen) atoms. The highest BCUT2D eigenvalue weighted by Crippen LogP contribution is 2.44. The highest BCUT2D eigenvalue weighted by molar-refractivity contribution is 5.66. The van der Waals surface area contributed by atoms with Crippen LogP contribution in [0.2, 0.25) is 0 Å². The van der Waals surface area contributed by atoms with Gasteiger partial charge in [0.2, 0.25) is 0 Å². The van der Waals surface area contributed by atoms with E-state index in [0.29, 0.717) is 17.9 Å². The number of likely N-dealkylation sites (tertiary alicyclic amines) is 1. The molecule has 4 atom stereocenters. The Labute approximate surface area is 116 Å². The first kappa shape index (κ1) is 13.4. The van der Waals surface area contributed by atoms with Gasteiger partial charge in [0, 0.05) is 18.9 Å². The number of rotatable bonds is 2. The van der Waals surface area contributed by atoms with Crippen LogP contribution in [0.4, 0.5) is 0 Å². The van der Waals surface area contributed by atoms with Crippen molar-refractivity contribution in [2.24, 2.45) is 11.8 Å². The Morgan fingerprint density at radius 2 is 1.79 bits per heavy atom. The van der Waals surface area contributed by atoms with Crippen LogP contribution in [0.5, 0.6) is 0 Å². The monoisotopic (exact) mass is 265 g/mol. The second-order valence-corrected chi connectivity index (χ2v) is 6.67. The number of nitrogens with zero attached hydrogens (tertiary/aromatic N) is 1.